The Morgan fingerprint density at radius 3 is 2.49 bits per heavy atom. The van der Waals surface area contributed by atoms with Gasteiger partial charge in [-0.3, -0.25) is 4.79 Å². The van der Waals surface area contributed by atoms with E-state index in [4.69, 9.17) is 0 Å². The van der Waals surface area contributed by atoms with Crippen LogP contribution in [0.25, 0.3) is 0 Å². The van der Waals surface area contributed by atoms with Crippen LogP contribution in [0.4, 0.5) is 10.1 Å². The Balaban J connectivity index is 1.35. The number of benzene rings is 3. The van der Waals surface area contributed by atoms with Crippen molar-refractivity contribution >= 4 is 21.6 Å². The number of hydrogen-bond donors (Lipinski definition) is 1. The lowest BCUT2D eigenvalue weighted by Crippen LogP contribution is -2.37. The maximum absolute atomic E-state index is 14.1. The summed E-state index contributed by atoms with van der Waals surface area (Å²) in [5.41, 5.74) is 4.44. The summed E-state index contributed by atoms with van der Waals surface area (Å²) < 4.78 is 45.3. The molecule has 0 aliphatic heterocycles. The van der Waals surface area contributed by atoms with Crippen molar-refractivity contribution in [2.45, 2.75) is 68.8 Å². The molecule has 3 atom stereocenters. The number of halogens is 1. The summed E-state index contributed by atoms with van der Waals surface area (Å²) in [6.45, 7) is 6.54. The lowest BCUT2D eigenvalue weighted by atomic mass is 9.71. The van der Waals surface area contributed by atoms with Gasteiger partial charge in [0.15, 0.2) is 0 Å². The Labute approximate surface area is 252 Å². The van der Waals surface area contributed by atoms with Crippen LogP contribution in [0.5, 0.6) is 0 Å². The number of nitrogens with zero attached hydrogens (tertiary/aromatic N) is 3. The van der Waals surface area contributed by atoms with Crippen LogP contribution in [0.3, 0.4) is 0 Å². The molecule has 0 bridgehead atoms. The number of rotatable bonds is 8. The van der Waals surface area contributed by atoms with Crippen LogP contribution in [0.1, 0.15) is 73.1 Å². The molecule has 1 saturated carbocycles. The smallest absolute Gasteiger partial charge is 0.241 e. The summed E-state index contributed by atoms with van der Waals surface area (Å²) in [4.78, 5) is 20.6. The summed E-state index contributed by atoms with van der Waals surface area (Å²) in [6.07, 6.45) is 5.71. The van der Waals surface area contributed by atoms with Crippen molar-refractivity contribution in [2.24, 2.45) is 13.0 Å². The highest BCUT2D eigenvalue weighted by Crippen LogP contribution is 2.50. The third kappa shape index (κ3) is 5.88. The highest BCUT2D eigenvalue weighted by Gasteiger charge is 2.46. The molecule has 43 heavy (non-hydrogen) atoms. The summed E-state index contributed by atoms with van der Waals surface area (Å²) in [5.74, 6) is 0.219. The summed E-state index contributed by atoms with van der Waals surface area (Å²) >= 11 is 0. The van der Waals surface area contributed by atoms with Crippen LogP contribution in [0.2, 0.25) is 0 Å². The van der Waals surface area contributed by atoms with Crippen LogP contribution in [-0.4, -0.2) is 23.9 Å². The Bertz CT molecular complexity index is 1760. The number of sulfonamides is 1. The van der Waals surface area contributed by atoms with E-state index in [9.17, 15) is 17.6 Å². The lowest BCUT2D eigenvalue weighted by Gasteiger charge is -2.38. The molecule has 2 aliphatic rings. The third-order valence-corrected chi connectivity index (χ3v) is 10.5. The van der Waals surface area contributed by atoms with Gasteiger partial charge in [0.1, 0.15) is 11.6 Å². The highest BCUT2D eigenvalue weighted by molar-refractivity contribution is 7.89. The van der Waals surface area contributed by atoms with Gasteiger partial charge in [-0.2, -0.15) is 0 Å². The Kier molecular flexibility index (Phi) is 7.50. The number of imidazole rings is 1. The van der Waals surface area contributed by atoms with E-state index >= 15 is 0 Å². The standard InChI is InChI=1S/C34H37FN4O3S/c1-22-5-12-26(13-6-22)43(41,42)37-31-15-16-34(2,3)30-14-11-25(19-29(30)31)39(21-32-36-17-18-38(32)4)33(40)28-20-27(28)23-7-9-24(35)10-8-23/h5-14,17-19,27-28,31,37H,15-16,20-21H2,1-4H3/t27-,28+,31+/m1/s1. The quantitative estimate of drug-likeness (QED) is 0.258. The largest absolute Gasteiger partial charge is 0.337 e. The molecular weight excluding hydrogens is 563 g/mol. The van der Waals surface area contributed by atoms with Gasteiger partial charge >= 0.3 is 0 Å². The van der Waals surface area contributed by atoms with E-state index in [-0.39, 0.29) is 40.4 Å². The molecule has 1 aromatic heterocycles. The second-order valence-electron chi connectivity index (χ2n) is 12.6. The van der Waals surface area contributed by atoms with Crippen molar-refractivity contribution < 1.29 is 17.6 Å². The molecular formula is C34H37FN4O3S. The van der Waals surface area contributed by atoms with Gasteiger partial charge in [0.25, 0.3) is 0 Å². The van der Waals surface area contributed by atoms with Gasteiger partial charge in [-0.1, -0.05) is 49.7 Å². The van der Waals surface area contributed by atoms with Gasteiger partial charge in [-0.25, -0.2) is 22.5 Å². The van der Waals surface area contributed by atoms with Gasteiger partial charge in [-0.05, 0) is 90.6 Å². The minimum atomic E-state index is -3.77. The van der Waals surface area contributed by atoms with Gasteiger partial charge in [0, 0.05) is 37.1 Å². The second kappa shape index (κ2) is 11.0. The van der Waals surface area contributed by atoms with E-state index < -0.39 is 16.1 Å². The minimum absolute atomic E-state index is 0.0240. The van der Waals surface area contributed by atoms with Crippen LogP contribution in [-0.2, 0) is 33.8 Å². The Morgan fingerprint density at radius 1 is 1.09 bits per heavy atom. The normalized spacial score (nSPS) is 20.8. The molecule has 1 heterocycles. The van der Waals surface area contributed by atoms with Gasteiger partial charge in [0.2, 0.25) is 15.9 Å². The number of amides is 1. The predicted molar refractivity (Wildman–Crippen MR) is 165 cm³/mol. The number of nitrogens with one attached hydrogen (secondary N) is 1. The number of hydrogen-bond acceptors (Lipinski definition) is 4. The fourth-order valence-electron chi connectivity index (χ4n) is 6.25. The van der Waals surface area contributed by atoms with Crippen molar-refractivity contribution in [1.29, 1.82) is 0 Å². The number of carbonyl (C=O) groups is 1. The molecule has 1 fully saturated rings. The van der Waals surface area contributed by atoms with Crippen LogP contribution >= 0.6 is 0 Å². The van der Waals surface area contributed by atoms with Crippen molar-refractivity contribution in [3.8, 4) is 0 Å². The van der Waals surface area contributed by atoms with E-state index in [2.05, 4.69) is 23.6 Å². The maximum Gasteiger partial charge on any atom is 0.241 e. The Hall–Kier alpha value is -3.82. The van der Waals surface area contributed by atoms with E-state index in [0.717, 1.165) is 34.5 Å². The van der Waals surface area contributed by atoms with E-state index in [0.29, 0.717) is 18.5 Å². The molecule has 0 radical (unpaired) electrons. The first-order chi connectivity index (χ1) is 20.4. The molecule has 0 unspecified atom stereocenters. The van der Waals surface area contributed by atoms with Crippen LogP contribution in [0.15, 0.2) is 84.0 Å². The molecule has 1 amide bonds. The first-order valence-electron chi connectivity index (χ1n) is 14.7. The molecule has 6 rings (SSSR count). The number of fused-ring (bicyclic) bond motifs is 1. The molecule has 0 spiro atoms. The molecule has 2 aliphatic carbocycles. The van der Waals surface area contributed by atoms with Crippen molar-refractivity contribution in [3.05, 3.63) is 113 Å². The molecule has 3 aromatic carbocycles. The Morgan fingerprint density at radius 2 is 1.81 bits per heavy atom. The summed E-state index contributed by atoms with van der Waals surface area (Å²) in [7, 11) is -1.87. The highest BCUT2D eigenvalue weighted by atomic mass is 32.2. The zero-order valence-electron chi connectivity index (χ0n) is 24.9. The zero-order valence-corrected chi connectivity index (χ0v) is 25.7. The average molecular weight is 601 g/mol. The topological polar surface area (TPSA) is 84.3 Å². The number of anilines is 1. The lowest BCUT2D eigenvalue weighted by molar-refractivity contribution is -0.120. The predicted octanol–water partition coefficient (Wildman–Crippen LogP) is 6.30. The molecule has 0 saturated heterocycles. The maximum atomic E-state index is 14.1. The first-order valence-corrected chi connectivity index (χ1v) is 16.2. The van der Waals surface area contributed by atoms with E-state index in [1.807, 2.05) is 42.9 Å². The second-order valence-corrected chi connectivity index (χ2v) is 14.3. The number of aryl methyl sites for hydroxylation is 2. The zero-order chi connectivity index (χ0) is 30.5. The molecule has 1 N–H and O–H groups in total. The third-order valence-electron chi connectivity index (χ3n) is 9.03. The van der Waals surface area contributed by atoms with Gasteiger partial charge in [-0.15, -0.1) is 0 Å². The van der Waals surface area contributed by atoms with Crippen molar-refractivity contribution in [2.75, 3.05) is 4.90 Å². The molecule has 224 valence electrons. The minimum Gasteiger partial charge on any atom is -0.337 e. The first kappa shape index (κ1) is 29.3. The van der Waals surface area contributed by atoms with Gasteiger partial charge in [0.05, 0.1) is 11.4 Å². The van der Waals surface area contributed by atoms with Crippen molar-refractivity contribution in [3.63, 3.8) is 0 Å². The van der Waals surface area contributed by atoms with Crippen LogP contribution < -0.4 is 9.62 Å². The fourth-order valence-corrected chi connectivity index (χ4v) is 7.50. The number of carbonyl (C=O) groups excluding carboxylic acids is 1. The van der Waals surface area contributed by atoms with E-state index in [1.54, 1.807) is 47.5 Å². The average Bonchev–Trinajstić information content (AvgIpc) is 3.67. The molecule has 4 aromatic rings. The number of aromatic nitrogens is 2. The monoisotopic (exact) mass is 600 g/mol. The fraction of sp³-hybridized carbons (Fsp3) is 0.353. The van der Waals surface area contributed by atoms with Crippen LogP contribution in [0, 0.1) is 18.7 Å². The van der Waals surface area contributed by atoms with Crippen molar-refractivity contribution in [1.82, 2.24) is 14.3 Å². The summed E-state index contributed by atoms with van der Waals surface area (Å²) in [5, 5.41) is 0. The van der Waals surface area contributed by atoms with Gasteiger partial charge < -0.3 is 9.47 Å². The van der Waals surface area contributed by atoms with E-state index in [1.165, 1.54) is 12.1 Å². The molecule has 7 nitrogen and oxygen atoms in total. The molecule has 9 heteroatoms. The SMILES string of the molecule is Cc1ccc(S(=O)(=O)N[C@H]2CCC(C)(C)c3ccc(N(Cc4nccn4C)C(=O)[C@H]4C[C@@H]4c4ccc(F)cc4)cc32)cc1. The summed E-state index contributed by atoms with van der Waals surface area (Å²) in [6, 6.07) is 18.8.